The summed E-state index contributed by atoms with van der Waals surface area (Å²) in [5.74, 6) is 0.484. The standard InChI is InChI=1S/C16H23NO2/c1-16(2,12-13-8-4-5-9-14(13)18)15(19)17-10-6-3-7-11-17/h4-5,8-9,18H,3,6-7,10-12H2,1-2H3. The van der Waals surface area contributed by atoms with E-state index in [4.69, 9.17) is 0 Å². The molecule has 1 aromatic carbocycles. The molecule has 0 bridgehead atoms. The van der Waals surface area contributed by atoms with Crippen LogP contribution >= 0.6 is 0 Å². The third kappa shape index (κ3) is 3.28. The molecule has 104 valence electrons. The summed E-state index contributed by atoms with van der Waals surface area (Å²) < 4.78 is 0. The maximum absolute atomic E-state index is 12.6. The molecule has 0 saturated carbocycles. The van der Waals surface area contributed by atoms with Crippen molar-refractivity contribution in [3.63, 3.8) is 0 Å². The zero-order valence-electron chi connectivity index (χ0n) is 11.9. The average molecular weight is 261 g/mol. The van der Waals surface area contributed by atoms with E-state index in [1.54, 1.807) is 12.1 Å². The predicted octanol–water partition coefficient (Wildman–Crippen LogP) is 2.97. The molecule has 1 aliphatic heterocycles. The topological polar surface area (TPSA) is 40.5 Å². The van der Waals surface area contributed by atoms with Crippen LogP contribution in [-0.2, 0) is 11.2 Å². The van der Waals surface area contributed by atoms with Crippen LogP contribution in [0.25, 0.3) is 0 Å². The van der Waals surface area contributed by atoms with E-state index >= 15 is 0 Å². The number of aromatic hydroxyl groups is 1. The van der Waals surface area contributed by atoms with Gasteiger partial charge >= 0.3 is 0 Å². The van der Waals surface area contributed by atoms with Gasteiger partial charge in [0.25, 0.3) is 0 Å². The van der Waals surface area contributed by atoms with Crippen molar-refractivity contribution in [1.29, 1.82) is 0 Å². The molecule has 1 aliphatic rings. The van der Waals surface area contributed by atoms with Gasteiger partial charge in [0.05, 0.1) is 0 Å². The summed E-state index contributed by atoms with van der Waals surface area (Å²) in [4.78, 5) is 14.6. The minimum Gasteiger partial charge on any atom is -0.508 e. The van der Waals surface area contributed by atoms with Crippen molar-refractivity contribution in [3.8, 4) is 5.75 Å². The Morgan fingerprint density at radius 3 is 2.47 bits per heavy atom. The van der Waals surface area contributed by atoms with E-state index < -0.39 is 5.41 Å². The molecule has 19 heavy (non-hydrogen) atoms. The number of rotatable bonds is 3. The monoisotopic (exact) mass is 261 g/mol. The summed E-state index contributed by atoms with van der Waals surface area (Å²) in [7, 11) is 0. The number of piperidine rings is 1. The molecule has 1 N–H and O–H groups in total. The predicted molar refractivity (Wildman–Crippen MR) is 76.0 cm³/mol. The number of phenolic OH excluding ortho intramolecular Hbond substituents is 1. The van der Waals surface area contributed by atoms with Gasteiger partial charge in [0.2, 0.25) is 5.91 Å². The largest absolute Gasteiger partial charge is 0.508 e. The number of para-hydroxylation sites is 1. The molecule has 1 aromatic rings. The smallest absolute Gasteiger partial charge is 0.228 e. The van der Waals surface area contributed by atoms with Gasteiger partial charge in [-0.2, -0.15) is 0 Å². The maximum Gasteiger partial charge on any atom is 0.228 e. The van der Waals surface area contributed by atoms with E-state index in [0.29, 0.717) is 6.42 Å². The molecule has 1 amide bonds. The lowest BCUT2D eigenvalue weighted by Crippen LogP contribution is -2.44. The van der Waals surface area contributed by atoms with Gasteiger partial charge in [0.1, 0.15) is 5.75 Å². The normalized spacial score (nSPS) is 16.4. The van der Waals surface area contributed by atoms with Crippen LogP contribution in [-0.4, -0.2) is 29.0 Å². The van der Waals surface area contributed by atoms with Crippen LogP contribution in [0.5, 0.6) is 5.75 Å². The Labute approximate surface area is 115 Å². The Bertz CT molecular complexity index is 448. The molecule has 0 aromatic heterocycles. The molecule has 3 nitrogen and oxygen atoms in total. The first kappa shape index (κ1) is 13.9. The van der Waals surface area contributed by atoms with E-state index in [-0.39, 0.29) is 11.7 Å². The number of benzene rings is 1. The fourth-order valence-electron chi connectivity index (χ4n) is 2.74. The van der Waals surface area contributed by atoms with E-state index in [1.165, 1.54) is 6.42 Å². The Balaban J connectivity index is 2.08. The highest BCUT2D eigenvalue weighted by Crippen LogP contribution is 2.29. The van der Waals surface area contributed by atoms with Crippen LogP contribution in [0.4, 0.5) is 0 Å². The van der Waals surface area contributed by atoms with Gasteiger partial charge in [-0.3, -0.25) is 4.79 Å². The van der Waals surface area contributed by atoms with E-state index in [9.17, 15) is 9.90 Å². The molecule has 3 heteroatoms. The number of hydrogen-bond acceptors (Lipinski definition) is 2. The van der Waals surface area contributed by atoms with Crippen molar-refractivity contribution in [2.24, 2.45) is 5.41 Å². The van der Waals surface area contributed by atoms with Crippen LogP contribution in [0.1, 0.15) is 38.7 Å². The van der Waals surface area contributed by atoms with Crippen molar-refractivity contribution in [3.05, 3.63) is 29.8 Å². The number of hydrogen-bond donors (Lipinski definition) is 1. The summed E-state index contributed by atoms with van der Waals surface area (Å²) in [6, 6.07) is 7.27. The zero-order chi connectivity index (χ0) is 13.9. The van der Waals surface area contributed by atoms with Crippen molar-refractivity contribution in [1.82, 2.24) is 4.90 Å². The fraction of sp³-hybridized carbons (Fsp3) is 0.562. The number of amides is 1. The molecular weight excluding hydrogens is 238 g/mol. The molecule has 1 saturated heterocycles. The van der Waals surface area contributed by atoms with Gasteiger partial charge in [0.15, 0.2) is 0 Å². The van der Waals surface area contributed by atoms with Gasteiger partial charge in [-0.1, -0.05) is 32.0 Å². The summed E-state index contributed by atoms with van der Waals surface area (Å²) in [6.07, 6.45) is 4.02. The minimum absolute atomic E-state index is 0.204. The van der Waals surface area contributed by atoms with Crippen molar-refractivity contribution >= 4 is 5.91 Å². The Kier molecular flexibility index (Phi) is 4.13. The Morgan fingerprint density at radius 1 is 1.21 bits per heavy atom. The van der Waals surface area contributed by atoms with Crippen molar-refractivity contribution < 1.29 is 9.90 Å². The first-order valence-electron chi connectivity index (χ1n) is 7.07. The lowest BCUT2D eigenvalue weighted by molar-refractivity contribution is -0.141. The van der Waals surface area contributed by atoms with Gasteiger partial charge in [-0.05, 0) is 37.3 Å². The lowest BCUT2D eigenvalue weighted by atomic mass is 9.83. The first-order chi connectivity index (χ1) is 9.00. The minimum atomic E-state index is -0.462. The van der Waals surface area contributed by atoms with Crippen molar-refractivity contribution in [2.45, 2.75) is 39.5 Å². The van der Waals surface area contributed by atoms with E-state index in [2.05, 4.69) is 0 Å². The zero-order valence-corrected chi connectivity index (χ0v) is 11.9. The molecule has 0 spiro atoms. The molecule has 1 fully saturated rings. The molecule has 2 rings (SSSR count). The summed E-state index contributed by atoms with van der Waals surface area (Å²) in [6.45, 7) is 5.69. The van der Waals surface area contributed by atoms with Crippen molar-refractivity contribution in [2.75, 3.05) is 13.1 Å². The van der Waals surface area contributed by atoms with Crippen LogP contribution in [0.2, 0.25) is 0 Å². The van der Waals surface area contributed by atoms with E-state index in [0.717, 1.165) is 31.5 Å². The Hall–Kier alpha value is -1.51. The summed E-state index contributed by atoms with van der Waals surface area (Å²) in [5, 5.41) is 9.84. The SMILES string of the molecule is CC(C)(Cc1ccccc1O)C(=O)N1CCCCC1. The molecule has 1 heterocycles. The number of phenols is 1. The third-order valence-corrected chi connectivity index (χ3v) is 3.85. The van der Waals surface area contributed by atoms with Crippen LogP contribution in [0, 0.1) is 5.41 Å². The van der Waals surface area contributed by atoms with Crippen LogP contribution in [0.3, 0.4) is 0 Å². The second-order valence-corrected chi connectivity index (χ2v) is 6.04. The third-order valence-electron chi connectivity index (χ3n) is 3.85. The molecule has 0 unspecified atom stereocenters. The highest BCUT2D eigenvalue weighted by molar-refractivity contribution is 5.82. The number of carbonyl (C=O) groups is 1. The molecule has 0 radical (unpaired) electrons. The molecule has 0 atom stereocenters. The number of likely N-dealkylation sites (tertiary alicyclic amines) is 1. The van der Waals surface area contributed by atoms with Crippen LogP contribution in [0.15, 0.2) is 24.3 Å². The average Bonchev–Trinajstić information content (AvgIpc) is 2.41. The van der Waals surface area contributed by atoms with E-state index in [1.807, 2.05) is 30.9 Å². The summed E-state index contributed by atoms with van der Waals surface area (Å²) >= 11 is 0. The lowest BCUT2D eigenvalue weighted by Gasteiger charge is -2.34. The second-order valence-electron chi connectivity index (χ2n) is 6.04. The highest BCUT2D eigenvalue weighted by atomic mass is 16.3. The molecule has 0 aliphatic carbocycles. The molecular formula is C16H23NO2. The number of carbonyl (C=O) groups excluding carboxylic acids is 1. The Morgan fingerprint density at radius 2 is 1.84 bits per heavy atom. The van der Waals surface area contributed by atoms with Gasteiger partial charge in [0, 0.05) is 18.5 Å². The van der Waals surface area contributed by atoms with Gasteiger partial charge < -0.3 is 10.0 Å². The highest BCUT2D eigenvalue weighted by Gasteiger charge is 2.33. The second kappa shape index (κ2) is 5.64. The quantitative estimate of drug-likeness (QED) is 0.908. The van der Waals surface area contributed by atoms with Gasteiger partial charge in [-0.25, -0.2) is 0 Å². The first-order valence-corrected chi connectivity index (χ1v) is 7.07. The maximum atomic E-state index is 12.6. The number of nitrogens with zero attached hydrogens (tertiary/aromatic N) is 1. The van der Waals surface area contributed by atoms with Crippen LogP contribution < -0.4 is 0 Å². The summed E-state index contributed by atoms with van der Waals surface area (Å²) in [5.41, 5.74) is 0.383. The fourth-order valence-corrected chi connectivity index (χ4v) is 2.74. The van der Waals surface area contributed by atoms with Gasteiger partial charge in [-0.15, -0.1) is 0 Å².